The van der Waals surface area contributed by atoms with Crippen molar-refractivity contribution in [2.24, 2.45) is 5.92 Å². The van der Waals surface area contributed by atoms with Crippen LogP contribution in [-0.4, -0.2) is 17.1 Å². The number of nitrogens with zero attached hydrogens (tertiary/aromatic N) is 1. The van der Waals surface area contributed by atoms with Gasteiger partial charge in [-0.3, -0.25) is 4.79 Å². The number of ether oxygens (including phenoxy) is 1. The van der Waals surface area contributed by atoms with Crippen LogP contribution in [-0.2, 0) is 16.0 Å². The summed E-state index contributed by atoms with van der Waals surface area (Å²) in [5.74, 6) is -0.492. The minimum atomic E-state index is -2.90. The molecule has 0 spiro atoms. The highest BCUT2D eigenvalue weighted by Crippen LogP contribution is 2.22. The molecular weight excluding hydrogens is 304 g/mol. The summed E-state index contributed by atoms with van der Waals surface area (Å²) in [6.45, 7) is 9.17. The summed E-state index contributed by atoms with van der Waals surface area (Å²) in [5, 5.41) is 0. The lowest BCUT2D eigenvalue weighted by atomic mass is 10.0. The van der Waals surface area contributed by atoms with Gasteiger partial charge in [0.25, 0.3) is 12.0 Å². The van der Waals surface area contributed by atoms with Crippen LogP contribution >= 0.6 is 0 Å². The predicted octanol–water partition coefficient (Wildman–Crippen LogP) is 3.66. The van der Waals surface area contributed by atoms with E-state index in [1.807, 2.05) is 13.8 Å². The quantitative estimate of drug-likeness (QED) is 0.541. The molecule has 128 valence electrons. The molecule has 0 aliphatic heterocycles. The molecule has 0 aliphatic carbocycles. The lowest BCUT2D eigenvalue weighted by Crippen LogP contribution is -2.34. The van der Waals surface area contributed by atoms with Gasteiger partial charge in [-0.05, 0) is 37.3 Å². The van der Waals surface area contributed by atoms with Gasteiger partial charge < -0.3 is 9.30 Å². The van der Waals surface area contributed by atoms with Crippen LogP contribution in [0.1, 0.15) is 50.8 Å². The molecule has 23 heavy (non-hydrogen) atoms. The van der Waals surface area contributed by atoms with E-state index in [0.29, 0.717) is 18.4 Å². The van der Waals surface area contributed by atoms with Gasteiger partial charge in [-0.1, -0.05) is 19.9 Å². The van der Waals surface area contributed by atoms with Gasteiger partial charge in [0.2, 0.25) is 0 Å². The van der Waals surface area contributed by atoms with Crippen LogP contribution in [0.15, 0.2) is 29.7 Å². The monoisotopic (exact) mass is 327 g/mol. The molecule has 0 bridgehead atoms. The molecule has 0 amide bonds. The summed E-state index contributed by atoms with van der Waals surface area (Å²) in [6.07, 6.45) is 0.762. The molecule has 1 atom stereocenters. The van der Waals surface area contributed by atoms with Gasteiger partial charge in [-0.15, -0.1) is 6.58 Å². The van der Waals surface area contributed by atoms with Gasteiger partial charge in [0, 0.05) is 6.20 Å². The molecule has 1 unspecified atom stereocenters. The average Bonchev–Trinajstić information content (AvgIpc) is 2.46. The van der Waals surface area contributed by atoms with Crippen LogP contribution in [0.4, 0.5) is 8.78 Å². The maximum Gasteiger partial charge on any atom is 0.329 e. The second-order valence-corrected chi connectivity index (χ2v) is 5.71. The normalized spacial score (nSPS) is 12.5. The van der Waals surface area contributed by atoms with E-state index < -0.39 is 29.6 Å². The number of carbonyl (C=O) groups excluding carboxylic acids is 1. The fourth-order valence-corrected chi connectivity index (χ4v) is 2.36. The van der Waals surface area contributed by atoms with Gasteiger partial charge in [-0.2, -0.15) is 0 Å². The summed E-state index contributed by atoms with van der Waals surface area (Å²) in [4.78, 5) is 24.5. The Morgan fingerprint density at radius 3 is 2.57 bits per heavy atom. The zero-order valence-electron chi connectivity index (χ0n) is 13.7. The summed E-state index contributed by atoms with van der Waals surface area (Å²) >= 11 is 0. The van der Waals surface area contributed by atoms with E-state index >= 15 is 0 Å². The second kappa shape index (κ2) is 8.60. The van der Waals surface area contributed by atoms with Crippen molar-refractivity contribution in [3.63, 3.8) is 0 Å². The Kier molecular flexibility index (Phi) is 7.13. The minimum Gasteiger partial charge on any atom is -0.464 e. The van der Waals surface area contributed by atoms with Gasteiger partial charge in [-0.25, -0.2) is 13.6 Å². The van der Waals surface area contributed by atoms with Crippen LogP contribution in [0.5, 0.6) is 0 Å². The van der Waals surface area contributed by atoms with E-state index in [-0.39, 0.29) is 12.5 Å². The summed E-state index contributed by atoms with van der Waals surface area (Å²) in [7, 11) is 0. The number of hydrogen-bond acceptors (Lipinski definition) is 3. The number of carbonyl (C=O) groups is 1. The molecular formula is C17H23F2NO3. The number of pyridine rings is 1. The second-order valence-electron chi connectivity index (χ2n) is 5.71. The van der Waals surface area contributed by atoms with Crippen LogP contribution in [0.2, 0.25) is 0 Å². The van der Waals surface area contributed by atoms with Gasteiger partial charge >= 0.3 is 5.97 Å². The number of esters is 1. The summed E-state index contributed by atoms with van der Waals surface area (Å²) in [5.41, 5.74) is -0.957. The summed E-state index contributed by atoms with van der Waals surface area (Å²) < 4.78 is 32.4. The lowest BCUT2D eigenvalue weighted by Gasteiger charge is -2.21. The zero-order chi connectivity index (χ0) is 17.6. The zero-order valence-corrected chi connectivity index (χ0v) is 13.7. The van der Waals surface area contributed by atoms with Crippen LogP contribution in [0.3, 0.4) is 0 Å². The molecule has 0 saturated carbocycles. The Hall–Kier alpha value is -1.98. The Bertz CT molecular complexity index is 608. The summed E-state index contributed by atoms with van der Waals surface area (Å²) in [6, 6.07) is 0.257. The molecule has 0 saturated heterocycles. The molecule has 0 aliphatic rings. The van der Waals surface area contributed by atoms with Gasteiger partial charge in [0.1, 0.15) is 6.04 Å². The van der Waals surface area contributed by atoms with Crippen LogP contribution < -0.4 is 5.56 Å². The van der Waals surface area contributed by atoms with Gasteiger partial charge in [0.05, 0.1) is 12.2 Å². The first-order valence-electron chi connectivity index (χ1n) is 7.62. The van der Waals surface area contributed by atoms with E-state index in [9.17, 15) is 18.4 Å². The van der Waals surface area contributed by atoms with E-state index in [0.717, 1.165) is 4.57 Å². The molecule has 1 aromatic heterocycles. The van der Waals surface area contributed by atoms with Crippen molar-refractivity contribution in [1.29, 1.82) is 0 Å². The first kappa shape index (κ1) is 19.1. The van der Waals surface area contributed by atoms with Crippen molar-refractivity contribution in [3.05, 3.63) is 46.4 Å². The van der Waals surface area contributed by atoms with E-state index in [2.05, 4.69) is 6.58 Å². The molecule has 4 nitrogen and oxygen atoms in total. The number of aromatic nitrogens is 1. The maximum atomic E-state index is 13.1. The fraction of sp³-hybridized carbons (Fsp3) is 0.529. The lowest BCUT2D eigenvalue weighted by molar-refractivity contribution is -0.147. The van der Waals surface area contributed by atoms with Gasteiger partial charge in [0.15, 0.2) is 0 Å². The molecule has 0 aromatic carbocycles. The Balaban J connectivity index is 3.46. The number of hydrogen-bond donors (Lipinski definition) is 0. The molecule has 6 heteroatoms. The minimum absolute atomic E-state index is 0.0920. The van der Waals surface area contributed by atoms with Crippen LogP contribution in [0, 0.1) is 5.92 Å². The van der Waals surface area contributed by atoms with Crippen molar-refractivity contribution in [2.45, 2.75) is 46.1 Å². The molecule has 0 N–H and O–H groups in total. The number of halogens is 2. The number of allylic oxidation sites excluding steroid dienone is 1. The van der Waals surface area contributed by atoms with Crippen LogP contribution in [0.25, 0.3) is 0 Å². The maximum absolute atomic E-state index is 13.1. The van der Waals surface area contributed by atoms with Crippen molar-refractivity contribution >= 4 is 5.97 Å². The molecule has 1 heterocycles. The van der Waals surface area contributed by atoms with Crippen molar-refractivity contribution in [2.75, 3.05) is 6.61 Å². The molecule has 0 fully saturated rings. The first-order valence-corrected chi connectivity index (χ1v) is 7.62. The number of rotatable bonds is 8. The first-order chi connectivity index (χ1) is 10.8. The molecule has 1 rings (SSSR count). The van der Waals surface area contributed by atoms with E-state index in [1.165, 1.54) is 12.3 Å². The molecule has 1 aromatic rings. The highest BCUT2D eigenvalue weighted by atomic mass is 19.3. The van der Waals surface area contributed by atoms with Crippen molar-refractivity contribution in [1.82, 2.24) is 4.57 Å². The number of alkyl halides is 2. The Morgan fingerprint density at radius 2 is 2.09 bits per heavy atom. The largest absolute Gasteiger partial charge is 0.464 e. The Labute approximate surface area is 134 Å². The smallest absolute Gasteiger partial charge is 0.329 e. The van der Waals surface area contributed by atoms with E-state index in [4.69, 9.17) is 4.74 Å². The van der Waals surface area contributed by atoms with Crippen molar-refractivity contribution in [3.8, 4) is 0 Å². The topological polar surface area (TPSA) is 48.3 Å². The third-order valence-corrected chi connectivity index (χ3v) is 3.33. The highest BCUT2D eigenvalue weighted by molar-refractivity contribution is 5.74. The Morgan fingerprint density at radius 1 is 1.43 bits per heavy atom. The predicted molar refractivity (Wildman–Crippen MR) is 84.7 cm³/mol. The van der Waals surface area contributed by atoms with Crippen molar-refractivity contribution < 1.29 is 18.3 Å². The molecule has 0 radical (unpaired) electrons. The SMILES string of the molecule is C=CCc1cc(C(F)F)c(=O)n(C(CC(C)C)C(=O)OCC)c1. The standard InChI is InChI=1S/C17H23F2NO3/c1-5-7-12-9-13(15(18)19)16(21)20(10-12)14(8-11(3)4)17(22)23-6-2/h5,9-11,14-15H,1,6-8H2,2-4H3. The highest BCUT2D eigenvalue weighted by Gasteiger charge is 2.26. The third-order valence-electron chi connectivity index (χ3n) is 3.33. The van der Waals surface area contributed by atoms with E-state index in [1.54, 1.807) is 13.0 Å². The average molecular weight is 327 g/mol. The fourth-order valence-electron chi connectivity index (χ4n) is 2.36. The third kappa shape index (κ3) is 5.01.